The second-order valence-corrected chi connectivity index (χ2v) is 5.35. The van der Waals surface area contributed by atoms with Crippen molar-refractivity contribution < 1.29 is 4.79 Å². The summed E-state index contributed by atoms with van der Waals surface area (Å²) < 4.78 is 0. The van der Waals surface area contributed by atoms with Gasteiger partial charge < -0.3 is 0 Å². The monoisotopic (exact) mass is 245 g/mol. The highest BCUT2D eigenvalue weighted by Crippen LogP contribution is 2.34. The average molecular weight is 245 g/mol. The maximum atomic E-state index is 11.4. The summed E-state index contributed by atoms with van der Waals surface area (Å²) in [5, 5.41) is 0. The Balaban J connectivity index is 3.45. The molecule has 1 rings (SSSR count). The van der Waals surface area contributed by atoms with Crippen molar-refractivity contribution >= 4 is 17.2 Å². The van der Waals surface area contributed by atoms with Gasteiger partial charge in [-0.2, -0.15) is 0 Å². The van der Waals surface area contributed by atoms with Crippen molar-refractivity contribution in [3.63, 3.8) is 0 Å². The fourth-order valence-electron chi connectivity index (χ4n) is 1.89. The third-order valence-electron chi connectivity index (χ3n) is 3.13. The number of rotatable bonds is 4. The van der Waals surface area contributed by atoms with Gasteiger partial charge >= 0.3 is 0 Å². The molecular formula is C16H23NO. The number of aliphatic imine (C=N–C) groups is 1. The van der Waals surface area contributed by atoms with Crippen molar-refractivity contribution in [1.29, 1.82) is 0 Å². The van der Waals surface area contributed by atoms with Crippen molar-refractivity contribution in [2.45, 2.75) is 53.4 Å². The van der Waals surface area contributed by atoms with Crippen LogP contribution in [0.2, 0.25) is 0 Å². The molecule has 1 aromatic carbocycles. The molecule has 18 heavy (non-hydrogen) atoms. The van der Waals surface area contributed by atoms with Gasteiger partial charge in [-0.1, -0.05) is 45.9 Å². The van der Waals surface area contributed by atoms with Crippen LogP contribution in [0.3, 0.4) is 0 Å². The first-order valence-electron chi connectivity index (χ1n) is 6.53. The fraction of sp³-hybridized carbons (Fsp3) is 0.500. The molecule has 0 saturated heterocycles. The quantitative estimate of drug-likeness (QED) is 0.712. The van der Waals surface area contributed by atoms with Crippen LogP contribution in [0.15, 0.2) is 23.2 Å². The van der Waals surface area contributed by atoms with Crippen LogP contribution in [-0.4, -0.2) is 11.5 Å². The normalized spacial score (nSPS) is 12.3. The van der Waals surface area contributed by atoms with Crippen LogP contribution in [0, 0.1) is 0 Å². The van der Waals surface area contributed by atoms with E-state index in [9.17, 15) is 4.79 Å². The second kappa shape index (κ2) is 5.94. The SMILES string of the molecule is CC(=O)/C(C)=N/c1c(C(C)C)cccc1C(C)C. The fourth-order valence-corrected chi connectivity index (χ4v) is 1.89. The molecule has 0 fully saturated rings. The van der Waals surface area contributed by atoms with Gasteiger partial charge in [-0.05, 0) is 29.9 Å². The zero-order chi connectivity index (χ0) is 13.9. The zero-order valence-corrected chi connectivity index (χ0v) is 12.2. The molecule has 0 spiro atoms. The average Bonchev–Trinajstić information content (AvgIpc) is 2.28. The number of nitrogens with zero attached hydrogens (tertiary/aromatic N) is 1. The van der Waals surface area contributed by atoms with Crippen molar-refractivity contribution in [2.75, 3.05) is 0 Å². The van der Waals surface area contributed by atoms with Gasteiger partial charge in [0.15, 0.2) is 5.78 Å². The van der Waals surface area contributed by atoms with Gasteiger partial charge in [0.2, 0.25) is 0 Å². The molecule has 1 aromatic rings. The Bertz CT molecular complexity index is 444. The molecule has 0 radical (unpaired) electrons. The molecular weight excluding hydrogens is 222 g/mol. The van der Waals surface area contributed by atoms with Crippen molar-refractivity contribution in [3.8, 4) is 0 Å². The summed E-state index contributed by atoms with van der Waals surface area (Å²) in [6.07, 6.45) is 0. The number of para-hydroxylation sites is 1. The maximum Gasteiger partial charge on any atom is 0.173 e. The molecule has 0 heterocycles. The number of hydrogen-bond donors (Lipinski definition) is 0. The van der Waals surface area contributed by atoms with E-state index in [1.54, 1.807) is 13.8 Å². The number of hydrogen-bond acceptors (Lipinski definition) is 2. The first kappa shape index (κ1) is 14.6. The largest absolute Gasteiger partial charge is 0.293 e. The predicted molar refractivity (Wildman–Crippen MR) is 78.1 cm³/mol. The molecule has 0 bridgehead atoms. The molecule has 0 aliphatic carbocycles. The lowest BCUT2D eigenvalue weighted by Gasteiger charge is -2.16. The zero-order valence-electron chi connectivity index (χ0n) is 12.2. The van der Waals surface area contributed by atoms with Crippen LogP contribution in [0.1, 0.15) is 64.5 Å². The predicted octanol–water partition coefficient (Wildman–Crippen LogP) is 4.61. The van der Waals surface area contributed by atoms with E-state index in [4.69, 9.17) is 0 Å². The lowest BCUT2D eigenvalue weighted by molar-refractivity contribution is -0.111. The summed E-state index contributed by atoms with van der Waals surface area (Å²) >= 11 is 0. The van der Waals surface area contributed by atoms with E-state index in [1.165, 1.54) is 11.1 Å². The smallest absolute Gasteiger partial charge is 0.173 e. The Labute approximate surface area is 110 Å². The summed E-state index contributed by atoms with van der Waals surface area (Å²) in [7, 11) is 0. The highest BCUT2D eigenvalue weighted by molar-refractivity contribution is 6.38. The highest BCUT2D eigenvalue weighted by Gasteiger charge is 2.13. The van der Waals surface area contributed by atoms with Crippen LogP contribution >= 0.6 is 0 Å². The van der Waals surface area contributed by atoms with Crippen LogP contribution in [0.25, 0.3) is 0 Å². The minimum Gasteiger partial charge on any atom is -0.293 e. The minimum absolute atomic E-state index is 0.0308. The molecule has 0 aromatic heterocycles. The van der Waals surface area contributed by atoms with E-state index in [2.05, 4.69) is 50.9 Å². The lowest BCUT2D eigenvalue weighted by Crippen LogP contribution is -2.05. The van der Waals surface area contributed by atoms with E-state index < -0.39 is 0 Å². The van der Waals surface area contributed by atoms with Gasteiger partial charge in [0.25, 0.3) is 0 Å². The van der Waals surface area contributed by atoms with E-state index >= 15 is 0 Å². The summed E-state index contributed by atoms with van der Waals surface area (Å²) in [5.74, 6) is 0.840. The van der Waals surface area contributed by atoms with E-state index in [0.29, 0.717) is 17.5 Å². The molecule has 0 unspecified atom stereocenters. The Morgan fingerprint density at radius 1 is 1.00 bits per heavy atom. The van der Waals surface area contributed by atoms with Crippen molar-refractivity contribution in [1.82, 2.24) is 0 Å². The lowest BCUT2D eigenvalue weighted by atomic mass is 9.93. The third kappa shape index (κ3) is 3.28. The topological polar surface area (TPSA) is 29.4 Å². The number of ketones is 1. The number of benzene rings is 1. The molecule has 0 aliphatic heterocycles. The van der Waals surface area contributed by atoms with Crippen LogP contribution in [-0.2, 0) is 4.79 Å². The van der Waals surface area contributed by atoms with Gasteiger partial charge in [-0.15, -0.1) is 0 Å². The first-order valence-corrected chi connectivity index (χ1v) is 6.53. The van der Waals surface area contributed by atoms with Crippen LogP contribution < -0.4 is 0 Å². The van der Waals surface area contributed by atoms with E-state index in [0.717, 1.165) is 5.69 Å². The molecule has 98 valence electrons. The van der Waals surface area contributed by atoms with Gasteiger partial charge in [0, 0.05) is 6.92 Å². The molecule has 0 N–H and O–H groups in total. The third-order valence-corrected chi connectivity index (χ3v) is 3.13. The molecule has 0 aliphatic rings. The molecule has 2 nitrogen and oxygen atoms in total. The molecule has 2 heteroatoms. The number of carbonyl (C=O) groups is 1. The van der Waals surface area contributed by atoms with Gasteiger partial charge in [-0.3, -0.25) is 4.79 Å². The van der Waals surface area contributed by atoms with E-state index in [1.807, 2.05) is 0 Å². The number of Topliss-reactive ketones (excluding diaryl/α,β-unsaturated/α-hetero) is 1. The Morgan fingerprint density at radius 2 is 1.44 bits per heavy atom. The van der Waals surface area contributed by atoms with E-state index in [-0.39, 0.29) is 5.78 Å². The molecule has 0 saturated carbocycles. The van der Waals surface area contributed by atoms with Crippen LogP contribution in [0.5, 0.6) is 0 Å². The van der Waals surface area contributed by atoms with Gasteiger partial charge in [0.1, 0.15) is 0 Å². The summed E-state index contributed by atoms with van der Waals surface area (Å²) in [5.41, 5.74) is 3.98. The highest BCUT2D eigenvalue weighted by atomic mass is 16.1. The Morgan fingerprint density at radius 3 is 1.78 bits per heavy atom. The summed E-state index contributed by atoms with van der Waals surface area (Å²) in [6.45, 7) is 12.0. The number of carbonyl (C=O) groups excluding carboxylic acids is 1. The minimum atomic E-state index is 0.0308. The standard InChI is InChI=1S/C16H23NO/c1-10(2)14-8-7-9-15(11(3)4)16(14)17-12(5)13(6)18/h7-11H,1-6H3/b17-12+. The Kier molecular flexibility index (Phi) is 4.83. The van der Waals surface area contributed by atoms with Gasteiger partial charge in [0.05, 0.1) is 11.4 Å². The van der Waals surface area contributed by atoms with Gasteiger partial charge in [-0.25, -0.2) is 4.99 Å². The summed E-state index contributed by atoms with van der Waals surface area (Å²) in [6, 6.07) is 6.28. The first-order chi connectivity index (χ1) is 8.34. The van der Waals surface area contributed by atoms with Crippen molar-refractivity contribution in [2.24, 2.45) is 4.99 Å². The van der Waals surface area contributed by atoms with Crippen LogP contribution in [0.4, 0.5) is 5.69 Å². The Hall–Kier alpha value is -1.44. The second-order valence-electron chi connectivity index (χ2n) is 5.35. The summed E-state index contributed by atoms with van der Waals surface area (Å²) in [4.78, 5) is 15.9. The molecule has 0 amide bonds. The van der Waals surface area contributed by atoms with Crippen molar-refractivity contribution in [3.05, 3.63) is 29.3 Å². The molecule has 0 atom stereocenters. The maximum absolute atomic E-state index is 11.4.